The minimum atomic E-state index is -0.200. The van der Waals surface area contributed by atoms with Gasteiger partial charge in [0.25, 0.3) is 0 Å². The fourth-order valence-electron chi connectivity index (χ4n) is 4.67. The van der Waals surface area contributed by atoms with Crippen molar-refractivity contribution in [2.24, 2.45) is 11.8 Å². The van der Waals surface area contributed by atoms with Gasteiger partial charge in [-0.2, -0.15) is 0 Å². The van der Waals surface area contributed by atoms with Gasteiger partial charge in [0.1, 0.15) is 17.1 Å². The van der Waals surface area contributed by atoms with Gasteiger partial charge in [0.15, 0.2) is 0 Å². The first-order valence-electron chi connectivity index (χ1n) is 13.3. The van der Waals surface area contributed by atoms with Crippen LogP contribution < -0.4 is 9.47 Å². The van der Waals surface area contributed by atoms with E-state index < -0.39 is 0 Å². The van der Waals surface area contributed by atoms with Crippen molar-refractivity contribution in [2.75, 3.05) is 0 Å². The molecule has 3 nitrogen and oxygen atoms in total. The molecule has 0 fully saturated rings. The molecule has 35 heavy (non-hydrogen) atoms. The minimum Gasteiger partial charge on any atom is -0.487 e. The van der Waals surface area contributed by atoms with Crippen molar-refractivity contribution in [2.45, 2.75) is 113 Å². The minimum absolute atomic E-state index is 0.159. The normalized spacial score (nSPS) is 14.5. The highest BCUT2D eigenvalue weighted by Gasteiger charge is 2.33. The Hall–Kier alpha value is -2.29. The molecular formula is C32H48O3. The summed E-state index contributed by atoms with van der Waals surface area (Å²) < 4.78 is 12.2. The van der Waals surface area contributed by atoms with Gasteiger partial charge < -0.3 is 9.47 Å². The van der Waals surface area contributed by atoms with Gasteiger partial charge in [-0.05, 0) is 93.7 Å². The molecule has 2 unspecified atom stereocenters. The third kappa shape index (κ3) is 6.68. The second-order valence-corrected chi connectivity index (χ2v) is 11.7. The van der Waals surface area contributed by atoms with Crippen molar-refractivity contribution in [3.8, 4) is 11.5 Å². The van der Waals surface area contributed by atoms with Crippen LogP contribution in [0, 0.1) is 39.5 Å². The zero-order valence-corrected chi connectivity index (χ0v) is 24.3. The Kier molecular flexibility index (Phi) is 9.25. The van der Waals surface area contributed by atoms with Crippen molar-refractivity contribution in [3.63, 3.8) is 0 Å². The number of carbonyl (C=O) groups is 1. The highest BCUT2D eigenvalue weighted by Crippen LogP contribution is 2.43. The monoisotopic (exact) mass is 480 g/mol. The van der Waals surface area contributed by atoms with E-state index in [1.165, 1.54) is 22.3 Å². The Morgan fingerprint density at radius 2 is 1.23 bits per heavy atom. The van der Waals surface area contributed by atoms with Gasteiger partial charge in [0.05, 0.1) is 5.92 Å². The maximum absolute atomic E-state index is 12.3. The molecule has 0 N–H and O–H groups in total. The van der Waals surface area contributed by atoms with Crippen molar-refractivity contribution >= 4 is 5.97 Å². The lowest BCUT2D eigenvalue weighted by molar-refractivity contribution is -0.137. The Morgan fingerprint density at radius 1 is 0.800 bits per heavy atom. The van der Waals surface area contributed by atoms with E-state index in [4.69, 9.17) is 9.47 Å². The average Bonchev–Trinajstić information content (AvgIpc) is 2.77. The van der Waals surface area contributed by atoms with E-state index >= 15 is 0 Å². The molecule has 2 aromatic carbocycles. The fraction of sp³-hybridized carbons (Fsp3) is 0.594. The van der Waals surface area contributed by atoms with Crippen LogP contribution in [0.5, 0.6) is 11.5 Å². The molecule has 0 saturated heterocycles. The molecule has 0 bridgehead atoms. The summed E-state index contributed by atoms with van der Waals surface area (Å²) in [7, 11) is 0. The molecule has 0 aliphatic rings. The summed E-state index contributed by atoms with van der Waals surface area (Å²) in [5.74, 6) is 1.90. The number of benzene rings is 2. The highest BCUT2D eigenvalue weighted by atomic mass is 16.5. The van der Waals surface area contributed by atoms with Gasteiger partial charge in [-0.1, -0.05) is 72.2 Å². The second kappa shape index (κ2) is 11.2. The van der Waals surface area contributed by atoms with Crippen molar-refractivity contribution in [1.82, 2.24) is 0 Å². The van der Waals surface area contributed by atoms with E-state index in [1.54, 1.807) is 0 Å². The van der Waals surface area contributed by atoms with Gasteiger partial charge in [-0.15, -0.1) is 0 Å². The molecule has 2 rings (SSSR count). The Labute approximate surface area is 214 Å². The van der Waals surface area contributed by atoms with E-state index in [0.717, 1.165) is 36.1 Å². The van der Waals surface area contributed by atoms with E-state index in [-0.39, 0.29) is 22.9 Å². The number of ether oxygens (including phenoxy) is 2. The Bertz CT molecular complexity index is 1000. The van der Waals surface area contributed by atoms with E-state index in [9.17, 15) is 4.79 Å². The molecule has 0 aliphatic carbocycles. The van der Waals surface area contributed by atoms with Crippen molar-refractivity contribution in [1.29, 1.82) is 0 Å². The maximum atomic E-state index is 12.3. The maximum Gasteiger partial charge on any atom is 0.313 e. The number of aryl methyl sites for hydroxylation is 4. The first-order chi connectivity index (χ1) is 16.1. The van der Waals surface area contributed by atoms with E-state index in [1.807, 2.05) is 27.7 Å². The summed E-state index contributed by atoms with van der Waals surface area (Å²) >= 11 is 0. The van der Waals surface area contributed by atoms with Crippen molar-refractivity contribution in [3.05, 3.63) is 57.6 Å². The standard InChI is InChI=1S/C32H48O3/c1-13-21(5)19-32(12,26-15-22(6)28(23(7)16-26)34-30(33)20(3)4)27-17-24(8)29(25(9)18-27)35-31(10,11)14-2/h15-18,20-21H,13-14,19H2,1-12H3. The van der Waals surface area contributed by atoms with Crippen LogP contribution in [-0.2, 0) is 10.2 Å². The quantitative estimate of drug-likeness (QED) is 0.252. The zero-order chi connectivity index (χ0) is 26.7. The van der Waals surface area contributed by atoms with E-state index in [0.29, 0.717) is 11.7 Å². The van der Waals surface area contributed by atoms with Crippen LogP contribution in [0.25, 0.3) is 0 Å². The third-order valence-electron chi connectivity index (χ3n) is 7.55. The molecule has 3 heteroatoms. The van der Waals surface area contributed by atoms with Gasteiger partial charge >= 0.3 is 5.97 Å². The van der Waals surface area contributed by atoms with Crippen LogP contribution in [0.15, 0.2) is 24.3 Å². The van der Waals surface area contributed by atoms with Crippen LogP contribution in [0.4, 0.5) is 0 Å². The fourth-order valence-corrected chi connectivity index (χ4v) is 4.67. The van der Waals surface area contributed by atoms with Gasteiger partial charge in [0, 0.05) is 5.41 Å². The summed E-state index contributed by atoms with van der Waals surface area (Å²) in [6.45, 7) is 25.5. The summed E-state index contributed by atoms with van der Waals surface area (Å²) in [5, 5.41) is 0. The number of rotatable bonds is 10. The number of esters is 1. The molecule has 194 valence electrons. The average molecular weight is 481 g/mol. The zero-order valence-electron chi connectivity index (χ0n) is 24.3. The Balaban J connectivity index is 2.65. The lowest BCUT2D eigenvalue weighted by atomic mass is 9.69. The van der Waals surface area contributed by atoms with Gasteiger partial charge in [-0.25, -0.2) is 0 Å². The molecule has 0 aromatic heterocycles. The molecule has 0 radical (unpaired) electrons. The van der Waals surface area contributed by atoms with E-state index in [2.05, 4.69) is 79.7 Å². The predicted octanol–water partition coefficient (Wildman–Crippen LogP) is 8.79. The molecular weight excluding hydrogens is 432 g/mol. The lowest BCUT2D eigenvalue weighted by Crippen LogP contribution is -2.29. The van der Waals surface area contributed by atoms with Gasteiger partial charge in [0.2, 0.25) is 0 Å². The lowest BCUT2D eigenvalue weighted by Gasteiger charge is -2.36. The first kappa shape index (κ1) is 28.9. The molecule has 0 amide bonds. The van der Waals surface area contributed by atoms with Crippen LogP contribution >= 0.6 is 0 Å². The van der Waals surface area contributed by atoms with Crippen LogP contribution in [0.2, 0.25) is 0 Å². The molecule has 0 heterocycles. The molecule has 0 aliphatic heterocycles. The summed E-state index contributed by atoms with van der Waals surface area (Å²) in [4.78, 5) is 12.3. The first-order valence-corrected chi connectivity index (χ1v) is 13.3. The van der Waals surface area contributed by atoms with Gasteiger partial charge in [-0.3, -0.25) is 4.79 Å². The molecule has 2 aromatic rings. The SMILES string of the molecule is CCC(C)CC(C)(c1cc(C)c(OC(=O)C(C)C)c(C)c1)c1cc(C)c(OC(C)(C)CC)c(C)c1. The molecule has 0 spiro atoms. The number of carbonyl (C=O) groups excluding carboxylic acids is 1. The molecule has 0 saturated carbocycles. The van der Waals surface area contributed by atoms with Crippen LogP contribution in [0.3, 0.4) is 0 Å². The summed E-state index contributed by atoms with van der Waals surface area (Å²) in [5.41, 5.74) is 6.54. The molecule has 2 atom stereocenters. The summed E-state index contributed by atoms with van der Waals surface area (Å²) in [6.07, 6.45) is 3.11. The third-order valence-corrected chi connectivity index (χ3v) is 7.55. The highest BCUT2D eigenvalue weighted by molar-refractivity contribution is 5.75. The smallest absolute Gasteiger partial charge is 0.313 e. The summed E-state index contributed by atoms with van der Waals surface area (Å²) in [6, 6.07) is 9.06. The van der Waals surface area contributed by atoms with Crippen LogP contribution in [-0.4, -0.2) is 11.6 Å². The van der Waals surface area contributed by atoms with Crippen LogP contribution in [0.1, 0.15) is 108 Å². The number of hydrogen-bond donors (Lipinski definition) is 0. The topological polar surface area (TPSA) is 35.5 Å². The second-order valence-electron chi connectivity index (χ2n) is 11.7. The Morgan fingerprint density at radius 3 is 1.60 bits per heavy atom. The largest absolute Gasteiger partial charge is 0.487 e. The number of hydrogen-bond acceptors (Lipinski definition) is 3. The predicted molar refractivity (Wildman–Crippen MR) is 148 cm³/mol. The van der Waals surface area contributed by atoms with Crippen molar-refractivity contribution < 1.29 is 14.3 Å².